The molecule has 0 radical (unpaired) electrons. The minimum atomic E-state index is -2.68. The molecule has 2 heterocycles. The number of piperidine rings is 1. The Morgan fingerprint density at radius 3 is 2.39 bits per heavy atom. The van der Waals surface area contributed by atoms with Gasteiger partial charge in [0.2, 0.25) is 0 Å². The molecule has 4 nitrogen and oxygen atoms in total. The predicted molar refractivity (Wildman–Crippen MR) is 125 cm³/mol. The summed E-state index contributed by atoms with van der Waals surface area (Å²) in [5.41, 5.74) is 3.87. The molecule has 0 spiro atoms. The summed E-state index contributed by atoms with van der Waals surface area (Å²) in [6.45, 7) is 4.22. The highest BCUT2D eigenvalue weighted by atomic mass is 19.3. The maximum atomic E-state index is 13.5. The third-order valence-electron chi connectivity index (χ3n) is 7.27. The van der Waals surface area contributed by atoms with Crippen molar-refractivity contribution in [3.63, 3.8) is 0 Å². The zero-order valence-electron chi connectivity index (χ0n) is 19.0. The van der Waals surface area contributed by atoms with Crippen LogP contribution in [0.1, 0.15) is 53.0 Å². The van der Waals surface area contributed by atoms with Crippen LogP contribution < -0.4 is 0 Å². The molecule has 5 rings (SSSR count). The standard InChI is InChI=1S/C27H26F2N2O2/c1-26(2)23-16-18(7-10-22(23)25(33)30(26)3)20-6-4-5-17-15-19(8-9-21(17)20)24(32)31-13-11-27(28,29)12-14-31/h4-10,15-16H,11-14H2,1-3H3. The third-order valence-corrected chi connectivity index (χ3v) is 7.27. The van der Waals surface area contributed by atoms with Crippen molar-refractivity contribution >= 4 is 22.6 Å². The van der Waals surface area contributed by atoms with Gasteiger partial charge in [0, 0.05) is 44.1 Å². The molecule has 1 fully saturated rings. The number of rotatable bonds is 2. The van der Waals surface area contributed by atoms with Gasteiger partial charge in [0.15, 0.2) is 0 Å². The molecule has 1 saturated heterocycles. The van der Waals surface area contributed by atoms with Gasteiger partial charge in [-0.15, -0.1) is 0 Å². The molecule has 0 aromatic heterocycles. The minimum Gasteiger partial charge on any atom is -0.338 e. The number of likely N-dealkylation sites (tertiary alicyclic amines) is 1. The van der Waals surface area contributed by atoms with Crippen molar-refractivity contribution in [3.05, 3.63) is 71.3 Å². The zero-order chi connectivity index (χ0) is 23.5. The lowest BCUT2D eigenvalue weighted by Crippen LogP contribution is -2.42. The van der Waals surface area contributed by atoms with E-state index < -0.39 is 11.5 Å². The number of alkyl halides is 2. The van der Waals surface area contributed by atoms with Crippen LogP contribution in [0.25, 0.3) is 21.9 Å². The monoisotopic (exact) mass is 448 g/mol. The second-order valence-electron chi connectivity index (χ2n) is 9.57. The highest BCUT2D eigenvalue weighted by molar-refractivity contribution is 6.04. The summed E-state index contributed by atoms with van der Waals surface area (Å²) in [6.07, 6.45) is -0.578. The molecule has 0 unspecified atom stereocenters. The normalized spacial score (nSPS) is 19.1. The number of nitrogens with zero attached hydrogens (tertiary/aromatic N) is 2. The lowest BCUT2D eigenvalue weighted by Gasteiger charge is -2.31. The summed E-state index contributed by atoms with van der Waals surface area (Å²) < 4.78 is 26.9. The number of hydrogen-bond acceptors (Lipinski definition) is 2. The fourth-order valence-corrected chi connectivity index (χ4v) is 4.91. The molecule has 0 aliphatic carbocycles. The molecule has 0 atom stereocenters. The lowest BCUT2D eigenvalue weighted by molar-refractivity contribution is -0.0494. The van der Waals surface area contributed by atoms with E-state index in [1.165, 1.54) is 4.90 Å². The Labute approximate surface area is 191 Å². The van der Waals surface area contributed by atoms with Crippen molar-refractivity contribution in [1.29, 1.82) is 0 Å². The van der Waals surface area contributed by atoms with E-state index in [1.807, 2.05) is 63.4 Å². The molecule has 0 N–H and O–H groups in total. The van der Waals surface area contributed by atoms with Gasteiger partial charge in [-0.05, 0) is 65.6 Å². The van der Waals surface area contributed by atoms with Gasteiger partial charge in [-0.3, -0.25) is 9.59 Å². The van der Waals surface area contributed by atoms with Gasteiger partial charge < -0.3 is 9.80 Å². The first-order valence-corrected chi connectivity index (χ1v) is 11.2. The van der Waals surface area contributed by atoms with E-state index in [1.54, 1.807) is 11.0 Å². The number of hydrogen-bond donors (Lipinski definition) is 0. The van der Waals surface area contributed by atoms with Crippen LogP contribution in [0.15, 0.2) is 54.6 Å². The zero-order valence-corrected chi connectivity index (χ0v) is 19.0. The number of benzene rings is 3. The van der Waals surface area contributed by atoms with Gasteiger partial charge in [0.1, 0.15) is 0 Å². The van der Waals surface area contributed by atoms with Crippen molar-refractivity contribution < 1.29 is 18.4 Å². The molecule has 2 aliphatic heterocycles. The van der Waals surface area contributed by atoms with E-state index in [0.29, 0.717) is 5.56 Å². The van der Waals surface area contributed by atoms with Crippen molar-refractivity contribution in [1.82, 2.24) is 9.80 Å². The molecule has 0 saturated carbocycles. The SMILES string of the molecule is CN1C(=O)c2ccc(-c3cccc4cc(C(=O)N5CCC(F)(F)CC5)ccc34)cc2C1(C)C. The third kappa shape index (κ3) is 3.48. The molecule has 6 heteroatoms. The van der Waals surface area contributed by atoms with Crippen LogP contribution in [-0.4, -0.2) is 47.7 Å². The van der Waals surface area contributed by atoms with Crippen LogP contribution in [0.3, 0.4) is 0 Å². The Bertz CT molecular complexity index is 1290. The van der Waals surface area contributed by atoms with Gasteiger partial charge in [-0.25, -0.2) is 8.78 Å². The van der Waals surface area contributed by atoms with E-state index in [4.69, 9.17) is 0 Å². The number of carbonyl (C=O) groups is 2. The molecule has 0 bridgehead atoms. The number of halogens is 2. The van der Waals surface area contributed by atoms with E-state index in [9.17, 15) is 18.4 Å². The molecule has 2 aliphatic rings. The van der Waals surface area contributed by atoms with Crippen molar-refractivity contribution in [2.45, 2.75) is 38.2 Å². The van der Waals surface area contributed by atoms with Crippen molar-refractivity contribution in [2.75, 3.05) is 20.1 Å². The van der Waals surface area contributed by atoms with Gasteiger partial charge in [0.05, 0.1) is 5.54 Å². The largest absolute Gasteiger partial charge is 0.338 e. The summed E-state index contributed by atoms with van der Waals surface area (Å²) in [5.74, 6) is -2.87. The molecular weight excluding hydrogens is 422 g/mol. The first kappa shape index (κ1) is 21.6. The lowest BCUT2D eigenvalue weighted by atomic mass is 9.89. The van der Waals surface area contributed by atoms with Crippen molar-refractivity contribution in [2.24, 2.45) is 0 Å². The highest BCUT2D eigenvalue weighted by Crippen LogP contribution is 2.40. The highest BCUT2D eigenvalue weighted by Gasteiger charge is 2.40. The topological polar surface area (TPSA) is 40.6 Å². The Hall–Kier alpha value is -3.28. The molecule has 3 aromatic rings. The maximum Gasteiger partial charge on any atom is 0.254 e. The smallest absolute Gasteiger partial charge is 0.254 e. The molecule has 170 valence electrons. The summed E-state index contributed by atoms with van der Waals surface area (Å²) in [7, 11) is 1.82. The predicted octanol–water partition coefficient (Wildman–Crippen LogP) is 5.70. The fraction of sp³-hybridized carbons (Fsp3) is 0.333. The van der Waals surface area contributed by atoms with Crippen molar-refractivity contribution in [3.8, 4) is 11.1 Å². The van der Waals surface area contributed by atoms with Gasteiger partial charge in [-0.2, -0.15) is 0 Å². The van der Waals surface area contributed by atoms with Gasteiger partial charge >= 0.3 is 0 Å². The summed E-state index contributed by atoms with van der Waals surface area (Å²) in [6, 6.07) is 17.4. The van der Waals surface area contributed by atoms with E-state index in [2.05, 4.69) is 6.07 Å². The Morgan fingerprint density at radius 1 is 0.939 bits per heavy atom. The first-order valence-electron chi connectivity index (χ1n) is 11.2. The molecule has 33 heavy (non-hydrogen) atoms. The van der Waals surface area contributed by atoms with Crippen LogP contribution in [0, 0.1) is 0 Å². The van der Waals surface area contributed by atoms with Gasteiger partial charge in [0.25, 0.3) is 17.7 Å². The summed E-state index contributed by atoms with van der Waals surface area (Å²) >= 11 is 0. The van der Waals surface area contributed by atoms with E-state index in [0.717, 1.165) is 33.0 Å². The van der Waals surface area contributed by atoms with Crippen LogP contribution >= 0.6 is 0 Å². The van der Waals surface area contributed by atoms with Crippen LogP contribution in [0.4, 0.5) is 8.78 Å². The van der Waals surface area contributed by atoms with Crippen LogP contribution in [0.5, 0.6) is 0 Å². The van der Waals surface area contributed by atoms with Crippen LogP contribution in [-0.2, 0) is 5.54 Å². The fourth-order valence-electron chi connectivity index (χ4n) is 4.91. The second-order valence-corrected chi connectivity index (χ2v) is 9.57. The van der Waals surface area contributed by atoms with E-state index >= 15 is 0 Å². The molecular formula is C27H26F2N2O2. The average molecular weight is 449 g/mol. The maximum absolute atomic E-state index is 13.5. The summed E-state index contributed by atoms with van der Waals surface area (Å²) in [5, 5.41) is 1.91. The Kier molecular flexibility index (Phi) is 4.82. The van der Waals surface area contributed by atoms with Crippen LogP contribution in [0.2, 0.25) is 0 Å². The van der Waals surface area contributed by atoms with Gasteiger partial charge in [-0.1, -0.05) is 30.3 Å². The first-order chi connectivity index (χ1) is 15.6. The second kappa shape index (κ2) is 7.37. The number of amides is 2. The molecule has 2 amide bonds. The quantitative estimate of drug-likeness (QED) is 0.505. The van der Waals surface area contributed by atoms with E-state index in [-0.39, 0.29) is 37.7 Å². The Morgan fingerprint density at radius 2 is 1.67 bits per heavy atom. The number of carbonyl (C=O) groups excluding carboxylic acids is 2. The molecule has 3 aromatic carbocycles. The summed E-state index contributed by atoms with van der Waals surface area (Å²) in [4.78, 5) is 28.8. The minimum absolute atomic E-state index is 0.0260. The average Bonchev–Trinajstić information content (AvgIpc) is 2.97. The number of fused-ring (bicyclic) bond motifs is 2. The Balaban J connectivity index is 1.50.